The van der Waals surface area contributed by atoms with Gasteiger partial charge >= 0.3 is 0 Å². The molecule has 0 radical (unpaired) electrons. The Bertz CT molecular complexity index is 881. The van der Waals surface area contributed by atoms with Crippen LogP contribution in [0.25, 0.3) is 0 Å². The van der Waals surface area contributed by atoms with Gasteiger partial charge in [0.25, 0.3) is 5.91 Å². The molecule has 1 aromatic carbocycles. The Hall–Kier alpha value is -2.48. The van der Waals surface area contributed by atoms with Crippen molar-refractivity contribution in [1.82, 2.24) is 15.1 Å². The van der Waals surface area contributed by atoms with Crippen molar-refractivity contribution in [3.8, 4) is 0 Å². The van der Waals surface area contributed by atoms with Gasteiger partial charge in [-0.05, 0) is 37.1 Å². The highest BCUT2D eigenvalue weighted by molar-refractivity contribution is 7.91. The Morgan fingerprint density at radius 1 is 1.20 bits per heavy atom. The molecule has 1 aliphatic heterocycles. The predicted molar refractivity (Wildman–Crippen MR) is 95.6 cm³/mol. The number of aromatic nitrogens is 2. The normalized spacial score (nSPS) is 18.7. The van der Waals surface area contributed by atoms with E-state index in [1.54, 1.807) is 19.2 Å². The van der Waals surface area contributed by atoms with E-state index in [1.165, 1.54) is 4.90 Å². The number of amides is 1. The van der Waals surface area contributed by atoms with E-state index in [1.807, 2.05) is 31.2 Å². The smallest absolute Gasteiger partial charge is 0.274 e. The summed E-state index contributed by atoms with van der Waals surface area (Å²) >= 11 is 0. The summed E-state index contributed by atoms with van der Waals surface area (Å²) in [5.74, 6) is 0.351. The molecule has 1 saturated heterocycles. The number of hydrogen-bond donors (Lipinski definition) is 1. The standard InChI is InChI=1S/C17H20N4O3S/c1-12-5-3-4-6-14(12)18-16-8-7-15(19-20-16)17(22)21(2)13-9-10-25(23,24)11-13/h3-8,13H,9-11H2,1-2H3,(H,18,20). The van der Waals surface area contributed by atoms with Crippen molar-refractivity contribution in [2.45, 2.75) is 19.4 Å². The first-order valence-electron chi connectivity index (χ1n) is 8.00. The van der Waals surface area contributed by atoms with Crippen molar-refractivity contribution in [3.63, 3.8) is 0 Å². The van der Waals surface area contributed by atoms with E-state index >= 15 is 0 Å². The van der Waals surface area contributed by atoms with Gasteiger partial charge in [-0.3, -0.25) is 4.79 Å². The maximum atomic E-state index is 12.5. The molecule has 0 spiro atoms. The maximum Gasteiger partial charge on any atom is 0.274 e. The van der Waals surface area contributed by atoms with Gasteiger partial charge in [-0.2, -0.15) is 0 Å². The molecule has 0 saturated carbocycles. The van der Waals surface area contributed by atoms with Crippen molar-refractivity contribution in [2.75, 3.05) is 23.9 Å². The van der Waals surface area contributed by atoms with Crippen molar-refractivity contribution >= 4 is 27.2 Å². The monoisotopic (exact) mass is 360 g/mol. The number of carbonyl (C=O) groups excluding carboxylic acids is 1. The molecule has 0 bridgehead atoms. The molecule has 8 heteroatoms. The second kappa shape index (κ2) is 6.79. The van der Waals surface area contributed by atoms with Crippen LogP contribution in [-0.4, -0.2) is 54.0 Å². The molecule has 1 fully saturated rings. The fourth-order valence-electron chi connectivity index (χ4n) is 2.79. The van der Waals surface area contributed by atoms with Crippen LogP contribution in [0.3, 0.4) is 0 Å². The van der Waals surface area contributed by atoms with Gasteiger partial charge in [0.15, 0.2) is 21.3 Å². The number of sulfone groups is 1. The predicted octanol–water partition coefficient (Wildman–Crippen LogP) is 1.79. The topological polar surface area (TPSA) is 92.3 Å². The van der Waals surface area contributed by atoms with E-state index in [4.69, 9.17) is 0 Å². The first-order chi connectivity index (χ1) is 11.9. The van der Waals surface area contributed by atoms with Crippen molar-refractivity contribution in [3.05, 3.63) is 47.7 Å². The molecule has 1 aliphatic rings. The Morgan fingerprint density at radius 2 is 1.96 bits per heavy atom. The highest BCUT2D eigenvalue weighted by atomic mass is 32.2. The SMILES string of the molecule is Cc1ccccc1Nc1ccc(C(=O)N(C)C2CCS(=O)(=O)C2)nn1. The number of benzene rings is 1. The molecule has 1 N–H and O–H groups in total. The van der Waals surface area contributed by atoms with E-state index in [9.17, 15) is 13.2 Å². The number of aryl methyl sites for hydroxylation is 1. The molecular weight excluding hydrogens is 340 g/mol. The average molecular weight is 360 g/mol. The van der Waals surface area contributed by atoms with Gasteiger partial charge < -0.3 is 10.2 Å². The Balaban J connectivity index is 1.69. The van der Waals surface area contributed by atoms with Gasteiger partial charge in [-0.15, -0.1) is 10.2 Å². The fourth-order valence-corrected chi connectivity index (χ4v) is 4.57. The molecule has 1 aromatic heterocycles. The first kappa shape index (κ1) is 17.3. The minimum Gasteiger partial charge on any atom is -0.339 e. The summed E-state index contributed by atoms with van der Waals surface area (Å²) in [6.07, 6.45) is 0.463. The lowest BCUT2D eigenvalue weighted by molar-refractivity contribution is 0.0740. The van der Waals surface area contributed by atoms with E-state index < -0.39 is 9.84 Å². The van der Waals surface area contributed by atoms with Crippen molar-refractivity contribution in [2.24, 2.45) is 0 Å². The molecular formula is C17H20N4O3S. The molecule has 3 rings (SSSR count). The number of nitrogens with zero attached hydrogens (tertiary/aromatic N) is 3. The van der Waals surface area contributed by atoms with Crippen LogP contribution in [0.15, 0.2) is 36.4 Å². The van der Waals surface area contributed by atoms with Crippen LogP contribution in [-0.2, 0) is 9.84 Å². The molecule has 132 valence electrons. The lowest BCUT2D eigenvalue weighted by Crippen LogP contribution is -2.38. The van der Waals surface area contributed by atoms with Crippen LogP contribution in [0.1, 0.15) is 22.5 Å². The third-order valence-corrected chi connectivity index (χ3v) is 6.12. The van der Waals surface area contributed by atoms with E-state index in [0.29, 0.717) is 12.2 Å². The summed E-state index contributed by atoms with van der Waals surface area (Å²) in [4.78, 5) is 13.9. The van der Waals surface area contributed by atoms with Crippen molar-refractivity contribution < 1.29 is 13.2 Å². The molecule has 0 aliphatic carbocycles. The number of anilines is 2. The van der Waals surface area contributed by atoms with Crippen LogP contribution in [0.2, 0.25) is 0 Å². The second-order valence-corrected chi connectivity index (χ2v) is 8.45. The summed E-state index contributed by atoms with van der Waals surface area (Å²) < 4.78 is 23.2. The second-order valence-electron chi connectivity index (χ2n) is 6.22. The van der Waals surface area contributed by atoms with E-state index in [-0.39, 0.29) is 29.1 Å². The third-order valence-electron chi connectivity index (χ3n) is 4.37. The van der Waals surface area contributed by atoms with Gasteiger partial charge in [0.05, 0.1) is 11.5 Å². The largest absolute Gasteiger partial charge is 0.339 e. The summed E-state index contributed by atoms with van der Waals surface area (Å²) in [5, 5.41) is 11.2. The van der Waals surface area contributed by atoms with Crippen LogP contribution in [0.4, 0.5) is 11.5 Å². The summed E-state index contributed by atoms with van der Waals surface area (Å²) in [6, 6.07) is 10.8. The lowest BCUT2D eigenvalue weighted by Gasteiger charge is -2.22. The number of carbonyl (C=O) groups is 1. The minimum atomic E-state index is -3.04. The molecule has 1 unspecified atom stereocenters. The number of para-hydroxylation sites is 1. The number of hydrogen-bond acceptors (Lipinski definition) is 6. The molecule has 7 nitrogen and oxygen atoms in total. The highest BCUT2D eigenvalue weighted by Gasteiger charge is 2.33. The summed E-state index contributed by atoms with van der Waals surface area (Å²) in [5.41, 5.74) is 2.19. The zero-order valence-corrected chi connectivity index (χ0v) is 15.0. The molecule has 2 aromatic rings. The zero-order chi connectivity index (χ0) is 18.0. The molecule has 1 amide bonds. The van der Waals surface area contributed by atoms with Gasteiger partial charge in [0, 0.05) is 18.8 Å². The quantitative estimate of drug-likeness (QED) is 0.894. The van der Waals surface area contributed by atoms with Gasteiger partial charge in [-0.25, -0.2) is 8.42 Å². The first-order valence-corrected chi connectivity index (χ1v) is 9.82. The van der Waals surface area contributed by atoms with E-state index in [2.05, 4.69) is 15.5 Å². The maximum absolute atomic E-state index is 12.5. The molecule has 2 heterocycles. The van der Waals surface area contributed by atoms with Gasteiger partial charge in [-0.1, -0.05) is 18.2 Å². The lowest BCUT2D eigenvalue weighted by atomic mass is 10.2. The average Bonchev–Trinajstić information content (AvgIpc) is 2.96. The van der Waals surface area contributed by atoms with E-state index in [0.717, 1.165) is 11.3 Å². The Kier molecular flexibility index (Phi) is 4.71. The third kappa shape index (κ3) is 3.96. The fraction of sp³-hybridized carbons (Fsp3) is 0.353. The Morgan fingerprint density at radius 3 is 2.56 bits per heavy atom. The van der Waals surface area contributed by atoms with Gasteiger partial charge in [0.1, 0.15) is 0 Å². The van der Waals surface area contributed by atoms with Crippen LogP contribution >= 0.6 is 0 Å². The van der Waals surface area contributed by atoms with Gasteiger partial charge in [0.2, 0.25) is 0 Å². The number of rotatable bonds is 4. The minimum absolute atomic E-state index is 0.00952. The summed E-state index contributed by atoms with van der Waals surface area (Å²) in [6.45, 7) is 1.98. The summed E-state index contributed by atoms with van der Waals surface area (Å²) in [7, 11) is -1.44. The zero-order valence-electron chi connectivity index (χ0n) is 14.1. The molecule has 25 heavy (non-hydrogen) atoms. The number of nitrogens with one attached hydrogen (secondary N) is 1. The Labute approximate surface area is 147 Å². The van der Waals surface area contributed by atoms with Crippen LogP contribution in [0.5, 0.6) is 0 Å². The van der Waals surface area contributed by atoms with Crippen LogP contribution < -0.4 is 5.32 Å². The molecule has 1 atom stereocenters. The van der Waals surface area contributed by atoms with Crippen LogP contribution in [0, 0.1) is 6.92 Å². The highest BCUT2D eigenvalue weighted by Crippen LogP contribution is 2.20. The van der Waals surface area contributed by atoms with Crippen molar-refractivity contribution in [1.29, 1.82) is 0 Å².